The molecule has 0 amide bonds. The number of anilines is 1. The number of benzene rings is 1. The maximum Gasteiger partial charge on any atom is 0.162 e. The van der Waals surface area contributed by atoms with Crippen molar-refractivity contribution in [2.75, 3.05) is 5.32 Å². The highest BCUT2D eigenvalue weighted by atomic mass is 32.2. The molecule has 0 saturated carbocycles. The summed E-state index contributed by atoms with van der Waals surface area (Å²) in [5.41, 5.74) is 1.07. The molecule has 0 aliphatic carbocycles. The second-order valence-electron chi connectivity index (χ2n) is 2.75. The maximum atomic E-state index is 11.0. The molecule has 1 aromatic carbocycles. The summed E-state index contributed by atoms with van der Waals surface area (Å²) in [5, 5.41) is 3.07. The van der Waals surface area contributed by atoms with Gasteiger partial charge in [-0.25, -0.2) is 0 Å². The fourth-order valence-corrected chi connectivity index (χ4v) is 2.19. The van der Waals surface area contributed by atoms with Crippen LogP contribution in [0.3, 0.4) is 0 Å². The summed E-state index contributed by atoms with van der Waals surface area (Å²) in [5.74, 6) is 0.177. The second kappa shape index (κ2) is 2.83. The average Bonchev–Trinajstić information content (AvgIpc) is 2.46. The molecule has 1 heterocycles. The van der Waals surface area contributed by atoms with E-state index in [1.807, 2.05) is 24.3 Å². The summed E-state index contributed by atoms with van der Waals surface area (Å²) in [7, 11) is 0. The lowest BCUT2D eigenvalue weighted by atomic mass is 10.3. The fraction of sp³-hybridized carbons (Fsp3) is 0.222. The zero-order valence-corrected chi connectivity index (χ0v) is 7.52. The van der Waals surface area contributed by atoms with Gasteiger partial charge in [-0.3, -0.25) is 4.79 Å². The molecule has 62 valence electrons. The van der Waals surface area contributed by atoms with Gasteiger partial charge in [-0.05, 0) is 19.1 Å². The van der Waals surface area contributed by atoms with Crippen molar-refractivity contribution in [3.63, 3.8) is 0 Å². The molecule has 1 N–H and O–H groups in total. The van der Waals surface area contributed by atoms with Crippen molar-refractivity contribution in [1.82, 2.24) is 0 Å². The van der Waals surface area contributed by atoms with Crippen molar-refractivity contribution >= 4 is 23.2 Å². The Morgan fingerprint density at radius 3 is 2.92 bits per heavy atom. The molecule has 1 aliphatic rings. The average molecular weight is 179 g/mol. The SMILES string of the molecule is CC(=O)C1Nc2ccccc2S1. The van der Waals surface area contributed by atoms with Crippen LogP contribution in [0.1, 0.15) is 6.92 Å². The molecule has 1 unspecified atom stereocenters. The molecule has 1 atom stereocenters. The molecule has 1 aliphatic heterocycles. The highest BCUT2D eigenvalue weighted by Gasteiger charge is 2.23. The van der Waals surface area contributed by atoms with E-state index < -0.39 is 0 Å². The van der Waals surface area contributed by atoms with Gasteiger partial charge in [-0.1, -0.05) is 23.9 Å². The molecule has 2 nitrogen and oxygen atoms in total. The van der Waals surface area contributed by atoms with Gasteiger partial charge < -0.3 is 5.32 Å². The lowest BCUT2D eigenvalue weighted by Crippen LogP contribution is -2.18. The minimum atomic E-state index is -0.0811. The summed E-state index contributed by atoms with van der Waals surface area (Å²) in [6.07, 6.45) is 0. The summed E-state index contributed by atoms with van der Waals surface area (Å²) in [6, 6.07) is 7.96. The number of fused-ring (bicyclic) bond motifs is 1. The van der Waals surface area contributed by atoms with Crippen LogP contribution < -0.4 is 5.32 Å². The second-order valence-corrected chi connectivity index (χ2v) is 3.90. The predicted molar refractivity (Wildman–Crippen MR) is 50.4 cm³/mol. The number of para-hydroxylation sites is 1. The number of carbonyl (C=O) groups excluding carboxylic acids is 1. The Kier molecular flexibility index (Phi) is 1.81. The van der Waals surface area contributed by atoms with Crippen LogP contribution in [-0.2, 0) is 4.79 Å². The molecule has 1 aromatic rings. The molecule has 0 aromatic heterocycles. The van der Waals surface area contributed by atoms with Crippen LogP contribution in [0.2, 0.25) is 0 Å². The van der Waals surface area contributed by atoms with Gasteiger partial charge >= 0.3 is 0 Å². The van der Waals surface area contributed by atoms with Gasteiger partial charge in [-0.2, -0.15) is 0 Å². The number of ketones is 1. The van der Waals surface area contributed by atoms with Crippen LogP contribution in [0, 0.1) is 0 Å². The smallest absolute Gasteiger partial charge is 0.162 e. The van der Waals surface area contributed by atoms with Gasteiger partial charge in [0.2, 0.25) is 0 Å². The molecule has 0 saturated heterocycles. The van der Waals surface area contributed by atoms with Crippen LogP contribution in [0.15, 0.2) is 29.2 Å². The molecule has 0 radical (unpaired) electrons. The van der Waals surface area contributed by atoms with Crippen molar-refractivity contribution in [2.45, 2.75) is 17.2 Å². The molecular formula is C9H9NOS. The van der Waals surface area contributed by atoms with Crippen LogP contribution >= 0.6 is 11.8 Å². The van der Waals surface area contributed by atoms with Crippen molar-refractivity contribution < 1.29 is 4.79 Å². The number of rotatable bonds is 1. The minimum Gasteiger partial charge on any atom is -0.366 e. The number of thioether (sulfide) groups is 1. The highest BCUT2D eigenvalue weighted by Crippen LogP contribution is 2.37. The molecule has 3 heteroatoms. The first-order valence-electron chi connectivity index (χ1n) is 3.80. The van der Waals surface area contributed by atoms with E-state index in [0.717, 1.165) is 10.6 Å². The number of carbonyl (C=O) groups is 1. The van der Waals surface area contributed by atoms with E-state index >= 15 is 0 Å². The lowest BCUT2D eigenvalue weighted by Gasteiger charge is -2.03. The Hall–Kier alpha value is -0.960. The Morgan fingerprint density at radius 2 is 2.25 bits per heavy atom. The zero-order chi connectivity index (χ0) is 8.55. The fourth-order valence-electron chi connectivity index (χ4n) is 1.17. The summed E-state index contributed by atoms with van der Waals surface area (Å²) in [6.45, 7) is 1.61. The number of Topliss-reactive ketones (excluding diaryl/α,β-unsaturated/α-hetero) is 1. The Morgan fingerprint density at radius 1 is 1.50 bits per heavy atom. The molecule has 0 fully saturated rings. The van der Waals surface area contributed by atoms with E-state index in [9.17, 15) is 4.79 Å². The molecular weight excluding hydrogens is 170 g/mol. The lowest BCUT2D eigenvalue weighted by molar-refractivity contribution is -0.116. The first-order chi connectivity index (χ1) is 5.77. The van der Waals surface area contributed by atoms with Crippen molar-refractivity contribution in [1.29, 1.82) is 0 Å². The summed E-state index contributed by atoms with van der Waals surface area (Å²) < 4.78 is 0. The normalized spacial score (nSPS) is 19.9. The minimum absolute atomic E-state index is 0.0811. The third-order valence-corrected chi connectivity index (χ3v) is 3.08. The third kappa shape index (κ3) is 1.20. The van der Waals surface area contributed by atoms with Gasteiger partial charge in [-0.15, -0.1) is 0 Å². The summed E-state index contributed by atoms with van der Waals surface area (Å²) >= 11 is 1.58. The van der Waals surface area contributed by atoms with E-state index in [1.54, 1.807) is 18.7 Å². The molecule has 0 spiro atoms. The Labute approximate surface area is 75.4 Å². The van der Waals surface area contributed by atoms with Crippen LogP contribution in [-0.4, -0.2) is 11.2 Å². The summed E-state index contributed by atoms with van der Waals surface area (Å²) in [4.78, 5) is 12.2. The van der Waals surface area contributed by atoms with Crippen LogP contribution in [0.25, 0.3) is 0 Å². The largest absolute Gasteiger partial charge is 0.366 e. The van der Waals surface area contributed by atoms with E-state index in [-0.39, 0.29) is 11.2 Å². The third-order valence-electron chi connectivity index (χ3n) is 1.79. The van der Waals surface area contributed by atoms with E-state index in [1.165, 1.54) is 0 Å². The van der Waals surface area contributed by atoms with Gasteiger partial charge in [0.25, 0.3) is 0 Å². The van der Waals surface area contributed by atoms with Gasteiger partial charge in [0.1, 0.15) is 5.37 Å². The standard InChI is InChI=1S/C9H9NOS/c1-6(11)9-10-7-4-2-3-5-8(7)12-9/h2-5,9-10H,1H3. The monoisotopic (exact) mass is 179 g/mol. The zero-order valence-electron chi connectivity index (χ0n) is 6.70. The van der Waals surface area contributed by atoms with Crippen molar-refractivity contribution in [3.8, 4) is 0 Å². The van der Waals surface area contributed by atoms with Crippen LogP contribution in [0.4, 0.5) is 5.69 Å². The van der Waals surface area contributed by atoms with Gasteiger partial charge in [0.05, 0.1) is 0 Å². The molecule has 2 rings (SSSR count). The van der Waals surface area contributed by atoms with E-state index in [2.05, 4.69) is 5.32 Å². The van der Waals surface area contributed by atoms with E-state index in [4.69, 9.17) is 0 Å². The maximum absolute atomic E-state index is 11.0. The number of hydrogen-bond acceptors (Lipinski definition) is 3. The first-order valence-corrected chi connectivity index (χ1v) is 4.68. The van der Waals surface area contributed by atoms with Gasteiger partial charge in [0.15, 0.2) is 5.78 Å². The number of nitrogens with one attached hydrogen (secondary N) is 1. The Bertz CT molecular complexity index is 299. The van der Waals surface area contributed by atoms with E-state index in [0.29, 0.717) is 0 Å². The topological polar surface area (TPSA) is 29.1 Å². The highest BCUT2D eigenvalue weighted by molar-refractivity contribution is 8.01. The van der Waals surface area contributed by atoms with Crippen LogP contribution in [0.5, 0.6) is 0 Å². The first kappa shape index (κ1) is 7.68. The van der Waals surface area contributed by atoms with Crippen molar-refractivity contribution in [2.24, 2.45) is 0 Å². The quantitative estimate of drug-likeness (QED) is 0.716. The molecule has 0 bridgehead atoms. The van der Waals surface area contributed by atoms with Crippen molar-refractivity contribution in [3.05, 3.63) is 24.3 Å². The molecule has 12 heavy (non-hydrogen) atoms. The number of hydrogen-bond donors (Lipinski definition) is 1. The predicted octanol–water partition coefficient (Wildman–Crippen LogP) is 2.12. The van der Waals surface area contributed by atoms with Gasteiger partial charge in [0, 0.05) is 10.6 Å². The Balaban J connectivity index is 2.27.